The fourth-order valence-electron chi connectivity index (χ4n) is 6.35. The molecule has 10 heteroatoms. The Labute approximate surface area is 222 Å². The number of alkyl halides is 6. The van der Waals surface area contributed by atoms with Gasteiger partial charge in [-0.1, -0.05) is 19.1 Å². The van der Waals surface area contributed by atoms with E-state index in [1.165, 1.54) is 6.92 Å². The molecule has 2 saturated carbocycles. The molecule has 39 heavy (non-hydrogen) atoms. The Balaban J connectivity index is 1.29. The molecule has 2 aromatic rings. The third-order valence-electron chi connectivity index (χ3n) is 8.58. The average molecular weight is 556 g/mol. The van der Waals surface area contributed by atoms with Crippen LogP contribution in [-0.4, -0.2) is 22.7 Å². The van der Waals surface area contributed by atoms with E-state index in [1.807, 2.05) is 18.2 Å². The molecule has 2 aliphatic carbocycles. The molecule has 2 N–H and O–H groups in total. The van der Waals surface area contributed by atoms with Gasteiger partial charge < -0.3 is 15.2 Å². The van der Waals surface area contributed by atoms with Gasteiger partial charge in [-0.15, -0.1) is 0 Å². The predicted octanol–water partition coefficient (Wildman–Crippen LogP) is 7.52. The number of nitrogens with one attached hydrogen (secondary N) is 1. The zero-order chi connectivity index (χ0) is 28.3. The highest BCUT2D eigenvalue weighted by atomic mass is 19.4. The van der Waals surface area contributed by atoms with Crippen LogP contribution in [0.15, 0.2) is 36.4 Å². The minimum atomic E-state index is -4.78. The number of aryl methyl sites for hydroxylation is 1. The molecule has 5 rings (SSSR count). The molecule has 0 radical (unpaired) electrons. The molecule has 0 amide bonds. The first-order valence-corrected chi connectivity index (χ1v) is 13.3. The third kappa shape index (κ3) is 5.62. The van der Waals surface area contributed by atoms with Crippen LogP contribution in [0, 0.1) is 11.8 Å². The summed E-state index contributed by atoms with van der Waals surface area (Å²) in [6, 6.07) is 6.30. The van der Waals surface area contributed by atoms with Crippen LogP contribution < -0.4 is 10.1 Å². The fraction of sp³-hybridized carbons (Fsp3) is 0.552. The number of carbonyl (C=O) groups is 1. The van der Waals surface area contributed by atoms with Crippen LogP contribution in [-0.2, 0) is 23.6 Å². The zero-order valence-corrected chi connectivity index (χ0v) is 21.6. The van der Waals surface area contributed by atoms with Gasteiger partial charge in [0.2, 0.25) is 0 Å². The lowest BCUT2D eigenvalue weighted by Crippen LogP contribution is -2.58. The van der Waals surface area contributed by atoms with E-state index in [1.54, 1.807) is 6.92 Å². The molecule has 1 spiro atoms. The number of rotatable bonds is 7. The number of halogens is 6. The normalized spacial score (nSPS) is 25.3. The lowest BCUT2D eigenvalue weighted by atomic mass is 9.70. The van der Waals surface area contributed by atoms with Crippen LogP contribution in [0.1, 0.15) is 85.7 Å². The molecule has 1 unspecified atom stereocenters. The summed E-state index contributed by atoms with van der Waals surface area (Å²) in [7, 11) is 0. The van der Waals surface area contributed by atoms with Crippen molar-refractivity contribution in [1.82, 2.24) is 5.32 Å². The first-order valence-electron chi connectivity index (χ1n) is 13.3. The van der Waals surface area contributed by atoms with Crippen molar-refractivity contribution in [3.05, 3.63) is 64.2 Å². The van der Waals surface area contributed by atoms with Crippen molar-refractivity contribution in [2.75, 3.05) is 0 Å². The Bertz CT molecular complexity index is 1250. The molecule has 3 atom stereocenters. The molecule has 2 fully saturated rings. The summed E-state index contributed by atoms with van der Waals surface area (Å²) in [5.74, 6) is -0.405. The number of benzene rings is 2. The Morgan fingerprint density at radius 1 is 1.03 bits per heavy atom. The van der Waals surface area contributed by atoms with Gasteiger partial charge in [0.25, 0.3) is 0 Å². The Hall–Kier alpha value is -2.75. The van der Waals surface area contributed by atoms with Gasteiger partial charge in [0.1, 0.15) is 11.4 Å². The largest absolute Gasteiger partial charge is 0.487 e. The molecule has 1 aliphatic heterocycles. The number of hydrogen-bond acceptors (Lipinski definition) is 3. The highest BCUT2D eigenvalue weighted by Crippen LogP contribution is 2.50. The molecular weight excluding hydrogens is 524 g/mol. The first kappa shape index (κ1) is 27.8. The van der Waals surface area contributed by atoms with Crippen LogP contribution >= 0.6 is 0 Å². The van der Waals surface area contributed by atoms with Gasteiger partial charge in [-0.2, -0.15) is 26.3 Å². The van der Waals surface area contributed by atoms with Crippen LogP contribution in [0.4, 0.5) is 26.3 Å². The minimum Gasteiger partial charge on any atom is -0.487 e. The summed E-state index contributed by atoms with van der Waals surface area (Å²) in [5, 5.41) is 12.7. The number of aliphatic carboxylic acids is 1. The van der Waals surface area contributed by atoms with Crippen molar-refractivity contribution < 1.29 is 41.0 Å². The van der Waals surface area contributed by atoms with E-state index in [9.17, 15) is 36.2 Å². The minimum absolute atomic E-state index is 0.0961. The molecule has 212 valence electrons. The van der Waals surface area contributed by atoms with E-state index in [2.05, 4.69) is 5.32 Å². The standard InChI is InChI=1S/C29H31F6NO3/c1-15(26(37)38)25(18-4-5-18)19-6-3-17-9-10-27(39-24(17)11-19)13-21(14-27)36-16(2)22-12-20(28(30,31)32)7-8-23(22)29(33,34)35/h3,6-8,11-12,15-16,18,21,25,36H,4-5,9-10,13-14H2,1-2H3,(H,37,38)/t15-,16?,21?,25-,27?/m0/s1. The van der Waals surface area contributed by atoms with Gasteiger partial charge in [0.05, 0.1) is 17.0 Å². The van der Waals surface area contributed by atoms with Gasteiger partial charge in [-0.3, -0.25) is 4.79 Å². The molecule has 0 bridgehead atoms. The van der Waals surface area contributed by atoms with E-state index in [0.29, 0.717) is 42.7 Å². The van der Waals surface area contributed by atoms with Gasteiger partial charge >= 0.3 is 18.3 Å². The monoisotopic (exact) mass is 555 g/mol. The van der Waals surface area contributed by atoms with Crippen molar-refractivity contribution >= 4 is 5.97 Å². The summed E-state index contributed by atoms with van der Waals surface area (Å²) >= 11 is 0. The summed E-state index contributed by atoms with van der Waals surface area (Å²) in [6.45, 7) is 3.17. The maximum absolute atomic E-state index is 13.6. The Morgan fingerprint density at radius 3 is 2.31 bits per heavy atom. The number of hydrogen-bond donors (Lipinski definition) is 2. The summed E-state index contributed by atoms with van der Waals surface area (Å²) in [6.07, 6.45) is -5.02. The van der Waals surface area contributed by atoms with Gasteiger partial charge in [0, 0.05) is 24.9 Å². The molecule has 4 nitrogen and oxygen atoms in total. The molecule has 1 heterocycles. The third-order valence-corrected chi connectivity index (χ3v) is 8.58. The average Bonchev–Trinajstić information content (AvgIpc) is 3.66. The Morgan fingerprint density at radius 2 is 1.72 bits per heavy atom. The lowest BCUT2D eigenvalue weighted by molar-refractivity contribution is -0.142. The highest BCUT2D eigenvalue weighted by Gasteiger charge is 2.49. The van der Waals surface area contributed by atoms with E-state index >= 15 is 0 Å². The van der Waals surface area contributed by atoms with Gasteiger partial charge in [-0.05, 0) is 85.4 Å². The topological polar surface area (TPSA) is 58.6 Å². The maximum Gasteiger partial charge on any atom is 0.416 e. The van der Waals surface area contributed by atoms with Crippen LogP contribution in [0.2, 0.25) is 0 Å². The first-order chi connectivity index (χ1) is 18.2. The zero-order valence-electron chi connectivity index (χ0n) is 21.6. The van der Waals surface area contributed by atoms with Crippen molar-refractivity contribution in [2.45, 2.75) is 88.3 Å². The lowest BCUT2D eigenvalue weighted by Gasteiger charge is -2.51. The van der Waals surface area contributed by atoms with Gasteiger partial charge in [-0.25, -0.2) is 0 Å². The number of carboxylic acid groups (broad SMARTS) is 1. The molecule has 0 aromatic heterocycles. The SMILES string of the molecule is CC(NC1CC2(CCc3ccc([C@H](C4CC4)[C@H](C)C(=O)O)cc3O2)C1)c1cc(C(F)(F)F)ccc1C(F)(F)F. The number of ether oxygens (including phenoxy) is 1. The number of fused-ring (bicyclic) bond motifs is 1. The van der Waals surface area contributed by atoms with Crippen molar-refractivity contribution in [3.8, 4) is 5.75 Å². The van der Waals surface area contributed by atoms with E-state index in [4.69, 9.17) is 4.74 Å². The second-order valence-corrected chi connectivity index (χ2v) is 11.4. The molecule has 0 saturated heterocycles. The van der Waals surface area contributed by atoms with E-state index < -0.39 is 52.6 Å². The smallest absolute Gasteiger partial charge is 0.416 e. The predicted molar refractivity (Wildman–Crippen MR) is 131 cm³/mol. The number of carboxylic acids is 1. The van der Waals surface area contributed by atoms with Gasteiger partial charge in [0.15, 0.2) is 0 Å². The van der Waals surface area contributed by atoms with Crippen LogP contribution in [0.3, 0.4) is 0 Å². The summed E-state index contributed by atoms with van der Waals surface area (Å²) in [4.78, 5) is 11.7. The van der Waals surface area contributed by atoms with E-state index in [-0.39, 0.29) is 12.0 Å². The summed E-state index contributed by atoms with van der Waals surface area (Å²) in [5.41, 5.74) is -1.16. The van der Waals surface area contributed by atoms with Crippen molar-refractivity contribution in [1.29, 1.82) is 0 Å². The second kappa shape index (κ2) is 9.71. The quantitative estimate of drug-likeness (QED) is 0.347. The fourth-order valence-corrected chi connectivity index (χ4v) is 6.35. The van der Waals surface area contributed by atoms with Crippen LogP contribution in [0.5, 0.6) is 5.75 Å². The second-order valence-electron chi connectivity index (χ2n) is 11.4. The molecule has 2 aromatic carbocycles. The van der Waals surface area contributed by atoms with Crippen molar-refractivity contribution in [3.63, 3.8) is 0 Å². The van der Waals surface area contributed by atoms with E-state index in [0.717, 1.165) is 36.8 Å². The molecular formula is C29H31F6NO3. The molecule has 3 aliphatic rings. The maximum atomic E-state index is 13.6. The van der Waals surface area contributed by atoms with Crippen molar-refractivity contribution in [2.24, 2.45) is 11.8 Å². The summed E-state index contributed by atoms with van der Waals surface area (Å²) < 4.78 is 86.8. The Kier molecular flexibility index (Phi) is 6.92. The highest BCUT2D eigenvalue weighted by molar-refractivity contribution is 5.71. The van der Waals surface area contributed by atoms with Crippen LogP contribution in [0.25, 0.3) is 0 Å².